The van der Waals surface area contributed by atoms with Gasteiger partial charge in [-0.2, -0.15) is 5.10 Å². The van der Waals surface area contributed by atoms with Crippen molar-refractivity contribution in [3.63, 3.8) is 0 Å². The average Bonchev–Trinajstić information content (AvgIpc) is 2.76. The second kappa shape index (κ2) is 12.3. The van der Waals surface area contributed by atoms with Gasteiger partial charge in [-0.3, -0.25) is 14.4 Å². The van der Waals surface area contributed by atoms with Crippen LogP contribution in [0.3, 0.4) is 0 Å². The summed E-state index contributed by atoms with van der Waals surface area (Å²) in [5, 5.41) is 9.45. The van der Waals surface area contributed by atoms with Gasteiger partial charge in [-0.05, 0) is 29.7 Å². The number of nitrogens with zero attached hydrogens (tertiary/aromatic N) is 1. The van der Waals surface area contributed by atoms with Gasteiger partial charge in [-0.15, -0.1) is 0 Å². The summed E-state index contributed by atoms with van der Waals surface area (Å²) in [7, 11) is 0. The van der Waals surface area contributed by atoms with E-state index in [2.05, 4.69) is 21.2 Å². The second-order valence-corrected chi connectivity index (χ2v) is 7.47. The van der Waals surface area contributed by atoms with E-state index in [4.69, 9.17) is 16.3 Å². The predicted molar refractivity (Wildman–Crippen MR) is 119 cm³/mol. The summed E-state index contributed by atoms with van der Waals surface area (Å²) in [6, 6.07) is 14.3. The molecule has 2 aromatic carbocycles. The molecule has 8 nitrogen and oxygen atoms in total. The molecule has 0 saturated carbocycles. The van der Waals surface area contributed by atoms with Crippen molar-refractivity contribution < 1.29 is 19.1 Å². The lowest BCUT2D eigenvalue weighted by atomic mass is 10.2. The van der Waals surface area contributed by atoms with E-state index in [1.165, 1.54) is 6.21 Å². The lowest BCUT2D eigenvalue weighted by molar-refractivity contribution is -0.139. The van der Waals surface area contributed by atoms with Crippen molar-refractivity contribution >= 4 is 35.5 Å². The van der Waals surface area contributed by atoms with E-state index < -0.39 is 11.8 Å². The van der Waals surface area contributed by atoms with Crippen molar-refractivity contribution in [2.45, 2.75) is 20.4 Å². The van der Waals surface area contributed by atoms with Crippen molar-refractivity contribution in [2.24, 2.45) is 11.0 Å². The van der Waals surface area contributed by atoms with E-state index in [9.17, 15) is 14.4 Å². The second-order valence-electron chi connectivity index (χ2n) is 7.04. The molecule has 0 aliphatic rings. The normalized spacial score (nSPS) is 10.7. The van der Waals surface area contributed by atoms with Gasteiger partial charge in [0, 0.05) is 23.7 Å². The maximum Gasteiger partial charge on any atom is 0.329 e. The summed E-state index contributed by atoms with van der Waals surface area (Å²) in [5.41, 5.74) is 3.56. The standard InChI is InChI=1S/C22H25ClN4O4/c1-15(2)11-25-21(29)22(30)27-26-13-17-10-18(23)8-9-19(17)31-14-20(28)24-12-16-6-4-3-5-7-16/h3-10,13,15H,11-12,14H2,1-2H3,(H,24,28)(H,25,29)(H,27,30)/b26-13-. The van der Waals surface area contributed by atoms with Gasteiger partial charge in [0.15, 0.2) is 6.61 Å². The van der Waals surface area contributed by atoms with Gasteiger partial charge in [0.1, 0.15) is 5.75 Å². The number of halogens is 1. The van der Waals surface area contributed by atoms with Gasteiger partial charge in [-0.25, -0.2) is 5.43 Å². The third kappa shape index (κ3) is 8.88. The molecule has 0 spiro atoms. The van der Waals surface area contributed by atoms with Gasteiger partial charge >= 0.3 is 11.8 Å². The van der Waals surface area contributed by atoms with E-state index >= 15 is 0 Å². The van der Waals surface area contributed by atoms with Crippen LogP contribution in [0, 0.1) is 5.92 Å². The number of carbonyl (C=O) groups excluding carboxylic acids is 3. The molecule has 0 heterocycles. The zero-order chi connectivity index (χ0) is 22.6. The highest BCUT2D eigenvalue weighted by atomic mass is 35.5. The summed E-state index contributed by atoms with van der Waals surface area (Å²) >= 11 is 6.01. The number of hydrazone groups is 1. The Balaban J connectivity index is 1.89. The first-order chi connectivity index (χ1) is 14.8. The first kappa shape index (κ1) is 23.9. The van der Waals surface area contributed by atoms with Crippen LogP contribution in [-0.2, 0) is 20.9 Å². The van der Waals surface area contributed by atoms with Gasteiger partial charge in [0.25, 0.3) is 5.91 Å². The van der Waals surface area contributed by atoms with E-state index in [0.717, 1.165) is 5.56 Å². The molecule has 9 heteroatoms. The lowest BCUT2D eigenvalue weighted by Crippen LogP contribution is -2.39. The molecule has 3 amide bonds. The quantitative estimate of drug-likeness (QED) is 0.313. The minimum Gasteiger partial charge on any atom is -0.483 e. The molecule has 0 aromatic heterocycles. The van der Waals surface area contributed by atoms with E-state index in [0.29, 0.717) is 29.4 Å². The number of ether oxygens (including phenoxy) is 1. The molecular weight excluding hydrogens is 420 g/mol. The number of benzene rings is 2. The Morgan fingerprint density at radius 1 is 1.06 bits per heavy atom. The first-order valence-corrected chi connectivity index (χ1v) is 10.1. The summed E-state index contributed by atoms with van der Waals surface area (Å²) in [6.07, 6.45) is 1.29. The summed E-state index contributed by atoms with van der Waals surface area (Å²) in [6.45, 7) is 4.40. The van der Waals surface area contributed by atoms with Crippen LogP contribution in [-0.4, -0.2) is 37.1 Å². The highest BCUT2D eigenvalue weighted by molar-refractivity contribution is 6.35. The monoisotopic (exact) mass is 444 g/mol. The maximum absolute atomic E-state index is 12.1. The molecule has 3 N–H and O–H groups in total. The Morgan fingerprint density at radius 2 is 1.81 bits per heavy atom. The molecule has 31 heavy (non-hydrogen) atoms. The van der Waals surface area contributed by atoms with Gasteiger partial charge in [-0.1, -0.05) is 55.8 Å². The Morgan fingerprint density at radius 3 is 2.52 bits per heavy atom. The molecule has 164 valence electrons. The van der Waals surface area contributed by atoms with E-state index in [1.54, 1.807) is 18.2 Å². The van der Waals surface area contributed by atoms with Crippen LogP contribution in [0.25, 0.3) is 0 Å². The van der Waals surface area contributed by atoms with E-state index in [-0.39, 0.29) is 18.4 Å². The van der Waals surface area contributed by atoms with Crippen LogP contribution >= 0.6 is 11.6 Å². The molecule has 0 radical (unpaired) electrons. The Bertz CT molecular complexity index is 932. The molecule has 0 aliphatic carbocycles. The lowest BCUT2D eigenvalue weighted by Gasteiger charge is -2.10. The molecule has 0 aliphatic heterocycles. The zero-order valence-corrected chi connectivity index (χ0v) is 18.1. The van der Waals surface area contributed by atoms with Crippen LogP contribution in [0.5, 0.6) is 5.75 Å². The predicted octanol–water partition coefficient (Wildman–Crippen LogP) is 2.26. The highest BCUT2D eigenvalue weighted by Gasteiger charge is 2.12. The van der Waals surface area contributed by atoms with Crippen LogP contribution in [0.15, 0.2) is 53.6 Å². The number of rotatable bonds is 9. The highest BCUT2D eigenvalue weighted by Crippen LogP contribution is 2.21. The van der Waals surface area contributed by atoms with Crippen LogP contribution < -0.4 is 20.8 Å². The average molecular weight is 445 g/mol. The van der Waals surface area contributed by atoms with Gasteiger partial charge in [0.05, 0.1) is 6.21 Å². The fourth-order valence-corrected chi connectivity index (χ4v) is 2.51. The SMILES string of the molecule is CC(C)CNC(=O)C(=O)N/N=C\c1cc(Cl)ccc1OCC(=O)NCc1ccccc1. The third-order valence-electron chi connectivity index (χ3n) is 3.91. The number of hydrogen-bond donors (Lipinski definition) is 3. The molecular formula is C22H25ClN4O4. The summed E-state index contributed by atoms with van der Waals surface area (Å²) in [5.74, 6) is -1.39. The van der Waals surface area contributed by atoms with Crippen molar-refractivity contribution in [3.8, 4) is 5.75 Å². The molecule has 0 saturated heterocycles. The smallest absolute Gasteiger partial charge is 0.329 e. The minimum absolute atomic E-state index is 0.209. The Kier molecular flexibility index (Phi) is 9.51. The van der Waals surface area contributed by atoms with Gasteiger partial charge < -0.3 is 15.4 Å². The number of hydrogen-bond acceptors (Lipinski definition) is 5. The van der Waals surface area contributed by atoms with Crippen molar-refractivity contribution in [2.75, 3.05) is 13.2 Å². The summed E-state index contributed by atoms with van der Waals surface area (Å²) < 4.78 is 5.56. The fraction of sp³-hybridized carbons (Fsp3) is 0.273. The minimum atomic E-state index is -0.887. The van der Waals surface area contributed by atoms with Crippen molar-refractivity contribution in [1.29, 1.82) is 0 Å². The molecule has 0 atom stereocenters. The number of nitrogens with one attached hydrogen (secondary N) is 3. The van der Waals surface area contributed by atoms with E-state index in [1.807, 2.05) is 44.2 Å². The summed E-state index contributed by atoms with van der Waals surface area (Å²) in [4.78, 5) is 35.5. The number of carbonyl (C=O) groups is 3. The molecule has 0 bridgehead atoms. The zero-order valence-electron chi connectivity index (χ0n) is 17.4. The van der Waals surface area contributed by atoms with Crippen molar-refractivity contribution in [3.05, 3.63) is 64.7 Å². The Labute approximate surface area is 186 Å². The topological polar surface area (TPSA) is 109 Å². The maximum atomic E-state index is 12.1. The molecule has 2 rings (SSSR count). The van der Waals surface area contributed by atoms with Gasteiger partial charge in [0.2, 0.25) is 0 Å². The largest absolute Gasteiger partial charge is 0.483 e. The molecule has 0 unspecified atom stereocenters. The first-order valence-electron chi connectivity index (χ1n) is 9.69. The fourth-order valence-electron chi connectivity index (χ4n) is 2.33. The van der Waals surface area contributed by atoms with Crippen LogP contribution in [0.1, 0.15) is 25.0 Å². The number of amides is 3. The Hall–Kier alpha value is -3.39. The van der Waals surface area contributed by atoms with Crippen LogP contribution in [0.4, 0.5) is 0 Å². The third-order valence-corrected chi connectivity index (χ3v) is 4.15. The molecule has 2 aromatic rings. The molecule has 0 fully saturated rings. The van der Waals surface area contributed by atoms with Crippen LogP contribution in [0.2, 0.25) is 5.02 Å². The van der Waals surface area contributed by atoms with Crippen molar-refractivity contribution in [1.82, 2.24) is 16.1 Å².